The van der Waals surface area contributed by atoms with Crippen LogP contribution < -0.4 is 0 Å². The van der Waals surface area contributed by atoms with Gasteiger partial charge < -0.3 is 5.11 Å². The Hall–Kier alpha value is -0.634. The monoisotopic (exact) mass is 228 g/mol. The molecule has 14 heavy (non-hydrogen) atoms. The standard InChI is InChI=1S/C7H6O5S.Mg.2H/c8-7(9)5-3-1-2-4-6(5)13(10,11)12;;;/h1-4H,(H,8,9)(H,10,11,12);;;. The Labute approximate surface area is 96.7 Å². The summed E-state index contributed by atoms with van der Waals surface area (Å²) in [5.41, 5.74) is -0.440. The molecule has 0 aromatic heterocycles. The average molecular weight is 229 g/mol. The fourth-order valence-corrected chi connectivity index (χ4v) is 1.55. The summed E-state index contributed by atoms with van der Waals surface area (Å²) in [6.45, 7) is 0. The van der Waals surface area contributed by atoms with Crippen LogP contribution in [0.3, 0.4) is 0 Å². The summed E-state index contributed by atoms with van der Waals surface area (Å²) >= 11 is 0. The lowest BCUT2D eigenvalue weighted by Gasteiger charge is -2.00. The zero-order valence-electron chi connectivity index (χ0n) is 6.34. The third-order valence-corrected chi connectivity index (χ3v) is 2.31. The van der Waals surface area contributed by atoms with E-state index in [1.54, 1.807) is 0 Å². The van der Waals surface area contributed by atoms with Crippen LogP contribution in [-0.4, -0.2) is 47.1 Å². The summed E-state index contributed by atoms with van der Waals surface area (Å²) in [5, 5.41) is 8.55. The normalized spacial score (nSPS) is 10.4. The Balaban J connectivity index is 0.00000169. The second-order valence-electron chi connectivity index (χ2n) is 2.28. The maximum atomic E-state index is 10.7. The predicted molar refractivity (Wildman–Crippen MR) is 51.8 cm³/mol. The lowest BCUT2D eigenvalue weighted by atomic mass is 10.2. The molecule has 0 unspecified atom stereocenters. The molecule has 0 aliphatic carbocycles. The van der Waals surface area contributed by atoms with E-state index < -0.39 is 26.5 Å². The number of carboxylic acids is 1. The van der Waals surface area contributed by atoms with Crippen LogP contribution in [0.2, 0.25) is 0 Å². The molecular formula is C7H8MgO5S. The van der Waals surface area contributed by atoms with Crippen molar-refractivity contribution in [2.24, 2.45) is 0 Å². The maximum Gasteiger partial charge on any atom is 0.337 e. The van der Waals surface area contributed by atoms with Crippen molar-refractivity contribution in [2.75, 3.05) is 0 Å². The number of benzene rings is 1. The van der Waals surface area contributed by atoms with Gasteiger partial charge in [-0.05, 0) is 12.1 Å². The topological polar surface area (TPSA) is 91.7 Å². The van der Waals surface area contributed by atoms with Crippen molar-refractivity contribution < 1.29 is 22.9 Å². The third-order valence-electron chi connectivity index (χ3n) is 1.40. The highest BCUT2D eigenvalue weighted by Crippen LogP contribution is 2.14. The first kappa shape index (κ1) is 13.4. The second-order valence-corrected chi connectivity index (χ2v) is 3.67. The summed E-state index contributed by atoms with van der Waals surface area (Å²) < 4.78 is 29.9. The highest BCUT2D eigenvalue weighted by Gasteiger charge is 2.18. The Bertz CT molecular complexity index is 439. The maximum absolute atomic E-state index is 10.7. The minimum absolute atomic E-state index is 0. The first-order chi connectivity index (χ1) is 5.93. The minimum atomic E-state index is -4.46. The van der Waals surface area contributed by atoms with Crippen molar-refractivity contribution in [1.82, 2.24) is 0 Å². The quantitative estimate of drug-likeness (QED) is 0.536. The van der Waals surface area contributed by atoms with Gasteiger partial charge in [0.05, 0.1) is 5.56 Å². The van der Waals surface area contributed by atoms with Crippen molar-refractivity contribution >= 4 is 39.1 Å². The molecule has 0 radical (unpaired) electrons. The number of hydrogen-bond acceptors (Lipinski definition) is 3. The van der Waals surface area contributed by atoms with Crippen LogP contribution in [-0.2, 0) is 10.1 Å². The van der Waals surface area contributed by atoms with Gasteiger partial charge in [-0.25, -0.2) is 4.79 Å². The third kappa shape index (κ3) is 2.94. The smallest absolute Gasteiger partial charge is 0.337 e. The van der Waals surface area contributed by atoms with Crippen molar-refractivity contribution in [3.63, 3.8) is 0 Å². The van der Waals surface area contributed by atoms with E-state index in [-0.39, 0.29) is 23.1 Å². The van der Waals surface area contributed by atoms with E-state index in [9.17, 15) is 13.2 Å². The predicted octanol–water partition coefficient (Wildman–Crippen LogP) is -0.285. The van der Waals surface area contributed by atoms with Gasteiger partial charge in [0.2, 0.25) is 0 Å². The molecular weight excluding hydrogens is 220 g/mol. The number of rotatable bonds is 2. The highest BCUT2D eigenvalue weighted by atomic mass is 32.2. The van der Waals surface area contributed by atoms with Gasteiger partial charge in [0.1, 0.15) is 4.90 Å². The Morgan fingerprint density at radius 2 is 1.71 bits per heavy atom. The van der Waals surface area contributed by atoms with E-state index in [0.717, 1.165) is 12.1 Å². The zero-order valence-corrected chi connectivity index (χ0v) is 7.15. The number of hydrogen-bond donors (Lipinski definition) is 2. The van der Waals surface area contributed by atoms with Crippen LogP contribution in [0.25, 0.3) is 0 Å². The summed E-state index contributed by atoms with van der Waals surface area (Å²) in [7, 11) is -4.46. The van der Waals surface area contributed by atoms with Crippen LogP contribution in [0.1, 0.15) is 10.4 Å². The van der Waals surface area contributed by atoms with E-state index in [2.05, 4.69) is 0 Å². The average Bonchev–Trinajstić information content (AvgIpc) is 2.03. The van der Waals surface area contributed by atoms with Gasteiger partial charge in [0.15, 0.2) is 0 Å². The molecule has 0 saturated heterocycles. The molecule has 0 heterocycles. The minimum Gasteiger partial charge on any atom is -0.478 e. The molecule has 5 nitrogen and oxygen atoms in total. The van der Waals surface area contributed by atoms with Crippen molar-refractivity contribution in [1.29, 1.82) is 0 Å². The van der Waals surface area contributed by atoms with Gasteiger partial charge >= 0.3 is 29.0 Å². The number of carboxylic acid groups (broad SMARTS) is 1. The van der Waals surface area contributed by atoms with E-state index in [1.165, 1.54) is 12.1 Å². The first-order valence-electron chi connectivity index (χ1n) is 3.23. The van der Waals surface area contributed by atoms with Crippen LogP contribution in [0, 0.1) is 0 Å². The summed E-state index contributed by atoms with van der Waals surface area (Å²) in [6, 6.07) is 4.83. The van der Waals surface area contributed by atoms with E-state index >= 15 is 0 Å². The Kier molecular flexibility index (Phi) is 4.52. The van der Waals surface area contributed by atoms with Crippen molar-refractivity contribution in [3.8, 4) is 0 Å². The molecule has 74 valence electrons. The molecule has 0 amide bonds. The van der Waals surface area contributed by atoms with Gasteiger partial charge in [-0.2, -0.15) is 8.42 Å². The van der Waals surface area contributed by atoms with Crippen LogP contribution in [0.15, 0.2) is 29.2 Å². The molecule has 0 spiro atoms. The summed E-state index contributed by atoms with van der Waals surface area (Å²) in [5.74, 6) is -1.40. The van der Waals surface area contributed by atoms with Crippen molar-refractivity contribution in [2.45, 2.75) is 4.90 Å². The van der Waals surface area contributed by atoms with Crippen LogP contribution in [0.4, 0.5) is 0 Å². The molecule has 7 heteroatoms. The molecule has 0 saturated carbocycles. The molecule has 1 aromatic rings. The molecule has 0 fully saturated rings. The molecule has 0 aliphatic rings. The number of aromatic carboxylic acids is 1. The lowest BCUT2D eigenvalue weighted by molar-refractivity contribution is 0.0692. The Morgan fingerprint density at radius 3 is 2.07 bits per heavy atom. The molecule has 1 aromatic carbocycles. The molecule has 0 bridgehead atoms. The molecule has 0 aliphatic heterocycles. The number of carbonyl (C=O) groups is 1. The van der Waals surface area contributed by atoms with Crippen LogP contribution >= 0.6 is 0 Å². The fraction of sp³-hybridized carbons (Fsp3) is 0. The van der Waals surface area contributed by atoms with E-state index in [1.807, 2.05) is 0 Å². The van der Waals surface area contributed by atoms with Crippen LogP contribution in [0.5, 0.6) is 0 Å². The molecule has 2 N–H and O–H groups in total. The summed E-state index contributed by atoms with van der Waals surface area (Å²) in [6.07, 6.45) is 0. The van der Waals surface area contributed by atoms with Gasteiger partial charge in [0.25, 0.3) is 10.1 Å². The Morgan fingerprint density at radius 1 is 1.21 bits per heavy atom. The van der Waals surface area contributed by atoms with E-state index in [0.29, 0.717) is 0 Å². The SMILES string of the molecule is O=C(O)c1ccccc1S(=O)(=O)O.[MgH2]. The van der Waals surface area contributed by atoms with Crippen molar-refractivity contribution in [3.05, 3.63) is 29.8 Å². The molecule has 0 atom stereocenters. The zero-order chi connectivity index (χ0) is 10.1. The van der Waals surface area contributed by atoms with Gasteiger partial charge in [-0.1, -0.05) is 12.1 Å². The summed E-state index contributed by atoms with van der Waals surface area (Å²) in [4.78, 5) is 9.90. The lowest BCUT2D eigenvalue weighted by Crippen LogP contribution is -2.07. The molecule has 1 rings (SSSR count). The second kappa shape index (κ2) is 4.74. The van der Waals surface area contributed by atoms with E-state index in [4.69, 9.17) is 9.66 Å². The van der Waals surface area contributed by atoms with Gasteiger partial charge in [0, 0.05) is 0 Å². The first-order valence-corrected chi connectivity index (χ1v) is 4.67. The fourth-order valence-electron chi connectivity index (χ4n) is 0.868. The highest BCUT2D eigenvalue weighted by molar-refractivity contribution is 7.86. The van der Waals surface area contributed by atoms with Gasteiger partial charge in [-0.15, -0.1) is 0 Å². The largest absolute Gasteiger partial charge is 0.478 e. The van der Waals surface area contributed by atoms with Gasteiger partial charge in [-0.3, -0.25) is 4.55 Å².